The first kappa shape index (κ1) is 14.2. The van der Waals surface area contributed by atoms with Crippen molar-refractivity contribution in [1.82, 2.24) is 14.8 Å². The maximum Gasteiger partial charge on any atom is 0.170 e. The first-order valence-corrected chi connectivity index (χ1v) is 6.91. The van der Waals surface area contributed by atoms with E-state index in [0.717, 1.165) is 11.3 Å². The van der Waals surface area contributed by atoms with Crippen LogP contribution in [0.1, 0.15) is 34.8 Å². The second-order valence-electron chi connectivity index (χ2n) is 4.98. The quantitative estimate of drug-likeness (QED) is 0.751. The van der Waals surface area contributed by atoms with E-state index in [0.29, 0.717) is 11.4 Å². The summed E-state index contributed by atoms with van der Waals surface area (Å²) in [5.41, 5.74) is 2.08. The molecular formula is C17H15N3O2. The first-order valence-electron chi connectivity index (χ1n) is 6.91. The molecule has 5 nitrogen and oxygen atoms in total. The molecule has 0 aliphatic carbocycles. The molecule has 0 spiro atoms. The second kappa shape index (κ2) is 5.91. The molecule has 0 aliphatic rings. The zero-order valence-corrected chi connectivity index (χ0v) is 12.0. The van der Waals surface area contributed by atoms with Crippen LogP contribution < -0.4 is 0 Å². The predicted molar refractivity (Wildman–Crippen MR) is 81.9 cm³/mol. The Bertz CT molecular complexity index is 796. The van der Waals surface area contributed by atoms with Gasteiger partial charge in [-0.15, -0.1) is 10.2 Å². The number of benzene rings is 2. The van der Waals surface area contributed by atoms with Crippen molar-refractivity contribution in [2.24, 2.45) is 0 Å². The van der Waals surface area contributed by atoms with Crippen LogP contribution in [-0.2, 0) is 0 Å². The number of hydrogen-bond acceptors (Lipinski definition) is 4. The minimum absolute atomic E-state index is 0.0138. The van der Waals surface area contributed by atoms with Crippen molar-refractivity contribution in [3.8, 4) is 5.69 Å². The minimum Gasteiger partial charge on any atom is -0.380 e. The minimum atomic E-state index is -0.885. The highest BCUT2D eigenvalue weighted by atomic mass is 16.3. The molecule has 3 aromatic rings. The Kier molecular flexibility index (Phi) is 3.80. The van der Waals surface area contributed by atoms with E-state index in [1.165, 1.54) is 13.3 Å². The molecule has 0 unspecified atom stereocenters. The van der Waals surface area contributed by atoms with Crippen molar-refractivity contribution < 1.29 is 9.90 Å². The number of carbonyl (C=O) groups is 1. The number of ketones is 1. The average molecular weight is 293 g/mol. The van der Waals surface area contributed by atoms with Gasteiger partial charge in [-0.2, -0.15) is 0 Å². The molecule has 3 rings (SSSR count). The van der Waals surface area contributed by atoms with Gasteiger partial charge in [-0.25, -0.2) is 0 Å². The van der Waals surface area contributed by atoms with E-state index in [9.17, 15) is 9.90 Å². The number of hydrogen-bond donors (Lipinski definition) is 1. The first-order chi connectivity index (χ1) is 10.7. The number of aromatic nitrogens is 3. The summed E-state index contributed by atoms with van der Waals surface area (Å²) in [6.07, 6.45) is 0.644. The van der Waals surface area contributed by atoms with Gasteiger partial charge in [0.1, 0.15) is 12.4 Å². The number of Topliss-reactive ketones (excluding diaryl/α,β-unsaturated/α-hetero) is 1. The van der Waals surface area contributed by atoms with Gasteiger partial charge >= 0.3 is 0 Å². The fourth-order valence-corrected chi connectivity index (χ4v) is 2.29. The molecule has 0 amide bonds. The van der Waals surface area contributed by atoms with E-state index in [2.05, 4.69) is 10.2 Å². The molecule has 1 atom stereocenters. The van der Waals surface area contributed by atoms with Gasteiger partial charge in [-0.05, 0) is 24.6 Å². The summed E-state index contributed by atoms with van der Waals surface area (Å²) in [6.45, 7) is 1.52. The average Bonchev–Trinajstić information content (AvgIpc) is 3.04. The number of aliphatic hydroxyl groups is 1. The van der Waals surface area contributed by atoms with Crippen molar-refractivity contribution in [1.29, 1.82) is 0 Å². The third kappa shape index (κ3) is 2.66. The molecule has 0 aliphatic heterocycles. The number of rotatable bonds is 4. The molecular weight excluding hydrogens is 278 g/mol. The number of aliphatic hydroxyl groups excluding tert-OH is 1. The van der Waals surface area contributed by atoms with Crippen LogP contribution in [0.4, 0.5) is 0 Å². The molecule has 22 heavy (non-hydrogen) atoms. The monoisotopic (exact) mass is 293 g/mol. The topological polar surface area (TPSA) is 68.0 Å². The predicted octanol–water partition coefficient (Wildman–Crippen LogP) is 2.55. The number of nitrogens with zero attached hydrogens (tertiary/aromatic N) is 3. The molecule has 1 N–H and O–H groups in total. The summed E-state index contributed by atoms with van der Waals surface area (Å²) < 4.78 is 1.68. The summed E-state index contributed by atoms with van der Waals surface area (Å²) in [5.74, 6) is 0.395. The third-order valence-electron chi connectivity index (χ3n) is 3.46. The summed E-state index contributed by atoms with van der Waals surface area (Å²) >= 11 is 0. The van der Waals surface area contributed by atoms with Gasteiger partial charge in [0.2, 0.25) is 0 Å². The molecule has 0 saturated heterocycles. The Morgan fingerprint density at radius 1 is 1.14 bits per heavy atom. The van der Waals surface area contributed by atoms with Crippen molar-refractivity contribution in [3.63, 3.8) is 0 Å². The largest absolute Gasteiger partial charge is 0.380 e. The summed E-state index contributed by atoms with van der Waals surface area (Å²) in [4.78, 5) is 11.5. The zero-order chi connectivity index (χ0) is 15.5. The molecule has 0 fully saturated rings. The van der Waals surface area contributed by atoms with Crippen LogP contribution in [0.25, 0.3) is 5.69 Å². The highest BCUT2D eigenvalue weighted by Crippen LogP contribution is 2.22. The zero-order valence-electron chi connectivity index (χ0n) is 12.0. The highest BCUT2D eigenvalue weighted by molar-refractivity contribution is 5.94. The van der Waals surface area contributed by atoms with Crippen molar-refractivity contribution in [3.05, 3.63) is 77.9 Å². The molecule has 0 bridgehead atoms. The van der Waals surface area contributed by atoms with E-state index in [-0.39, 0.29) is 5.78 Å². The van der Waals surface area contributed by atoms with Gasteiger partial charge < -0.3 is 5.11 Å². The molecule has 1 aromatic heterocycles. The van der Waals surface area contributed by atoms with Crippen LogP contribution in [0, 0.1) is 0 Å². The lowest BCUT2D eigenvalue weighted by atomic mass is 10.1. The summed E-state index contributed by atoms with van der Waals surface area (Å²) in [5, 5.41) is 18.4. The summed E-state index contributed by atoms with van der Waals surface area (Å²) in [7, 11) is 0. The van der Waals surface area contributed by atoms with E-state index < -0.39 is 6.10 Å². The van der Waals surface area contributed by atoms with Crippen LogP contribution >= 0.6 is 0 Å². The van der Waals surface area contributed by atoms with E-state index in [1.54, 1.807) is 22.8 Å². The smallest absolute Gasteiger partial charge is 0.170 e. The fourth-order valence-electron chi connectivity index (χ4n) is 2.29. The Morgan fingerprint density at radius 3 is 2.64 bits per heavy atom. The van der Waals surface area contributed by atoms with E-state index in [4.69, 9.17) is 0 Å². The van der Waals surface area contributed by atoms with E-state index in [1.807, 2.05) is 36.4 Å². The van der Waals surface area contributed by atoms with Crippen LogP contribution in [-0.4, -0.2) is 25.7 Å². The van der Waals surface area contributed by atoms with Crippen LogP contribution in [0.15, 0.2) is 60.9 Å². The van der Waals surface area contributed by atoms with Gasteiger partial charge in [0.25, 0.3) is 0 Å². The van der Waals surface area contributed by atoms with Crippen LogP contribution in [0.3, 0.4) is 0 Å². The molecule has 5 heteroatoms. The molecule has 110 valence electrons. The molecule has 2 aromatic carbocycles. The van der Waals surface area contributed by atoms with Crippen LogP contribution in [0.5, 0.6) is 0 Å². The van der Waals surface area contributed by atoms with Gasteiger partial charge in [0.15, 0.2) is 11.6 Å². The SMILES string of the molecule is CC(=O)c1cccc(-n2cnnc2[C@H](O)c2ccccc2)c1. The van der Waals surface area contributed by atoms with Crippen molar-refractivity contribution >= 4 is 5.78 Å². The maximum atomic E-state index is 11.5. The van der Waals surface area contributed by atoms with Crippen molar-refractivity contribution in [2.75, 3.05) is 0 Å². The Hall–Kier alpha value is -2.79. The van der Waals surface area contributed by atoms with Crippen molar-refractivity contribution in [2.45, 2.75) is 13.0 Å². The van der Waals surface area contributed by atoms with Crippen LogP contribution in [0.2, 0.25) is 0 Å². The highest BCUT2D eigenvalue weighted by Gasteiger charge is 2.18. The molecule has 1 heterocycles. The molecule has 0 saturated carbocycles. The van der Waals surface area contributed by atoms with Gasteiger partial charge in [-0.1, -0.05) is 42.5 Å². The lowest BCUT2D eigenvalue weighted by molar-refractivity contribution is 0.101. The Labute approximate surface area is 127 Å². The standard InChI is InChI=1S/C17H15N3O2/c1-12(21)14-8-5-9-15(10-14)20-11-18-19-17(20)16(22)13-6-3-2-4-7-13/h2-11,16,22H,1H3/t16-/m1/s1. The lowest BCUT2D eigenvalue weighted by Crippen LogP contribution is -2.09. The third-order valence-corrected chi connectivity index (χ3v) is 3.46. The fraction of sp³-hybridized carbons (Fsp3) is 0.118. The lowest BCUT2D eigenvalue weighted by Gasteiger charge is -2.13. The maximum absolute atomic E-state index is 11.5. The van der Waals surface area contributed by atoms with Gasteiger partial charge in [0.05, 0.1) is 0 Å². The normalized spacial score (nSPS) is 12.1. The second-order valence-corrected chi connectivity index (χ2v) is 4.98. The van der Waals surface area contributed by atoms with Gasteiger partial charge in [-0.3, -0.25) is 9.36 Å². The molecule has 0 radical (unpaired) electrons. The number of carbonyl (C=O) groups excluding carboxylic acids is 1. The van der Waals surface area contributed by atoms with E-state index >= 15 is 0 Å². The Balaban J connectivity index is 2.02. The van der Waals surface area contributed by atoms with Gasteiger partial charge in [0, 0.05) is 11.3 Å². The summed E-state index contributed by atoms with van der Waals surface area (Å²) in [6, 6.07) is 16.4. The Morgan fingerprint density at radius 2 is 1.91 bits per heavy atom.